The van der Waals surface area contributed by atoms with Crippen molar-refractivity contribution in [2.45, 2.75) is 18.2 Å². The Morgan fingerprint density at radius 3 is 2.45 bits per heavy atom. The third-order valence-corrected chi connectivity index (χ3v) is 7.80. The number of nitrogens with zero attached hydrogens (tertiary/aromatic N) is 1. The smallest absolute Gasteiger partial charge is 0.276 e. The monoisotopic (exact) mass is 536 g/mol. The number of nitrogens with one attached hydrogen (secondary N) is 3. The Labute approximate surface area is 220 Å². The minimum atomic E-state index is -4.00. The Balaban J connectivity index is 1.32. The van der Waals surface area contributed by atoms with Gasteiger partial charge in [0.25, 0.3) is 21.8 Å². The van der Waals surface area contributed by atoms with E-state index in [9.17, 15) is 18.0 Å². The normalized spacial score (nSPS) is 11.2. The number of fused-ring (bicyclic) bond motifs is 1. The molecule has 0 aliphatic heterocycles. The van der Waals surface area contributed by atoms with E-state index in [-0.39, 0.29) is 22.1 Å². The molecule has 0 aliphatic rings. The minimum absolute atomic E-state index is 0.0107. The number of hydroxylamine groups is 1. The number of aromatic nitrogens is 1. The van der Waals surface area contributed by atoms with Crippen LogP contribution in [0, 0.1) is 6.92 Å². The van der Waals surface area contributed by atoms with Crippen molar-refractivity contribution in [3.8, 4) is 5.75 Å². The van der Waals surface area contributed by atoms with Gasteiger partial charge in [-0.05, 0) is 61.4 Å². The van der Waals surface area contributed by atoms with Crippen LogP contribution < -0.4 is 19.8 Å². The second-order valence-corrected chi connectivity index (χ2v) is 10.6. The fourth-order valence-electron chi connectivity index (χ4n) is 4.06. The Hall–Kier alpha value is -4.35. The number of aromatic amines is 1. The van der Waals surface area contributed by atoms with Gasteiger partial charge in [0, 0.05) is 24.5 Å². The molecule has 0 saturated carbocycles. The van der Waals surface area contributed by atoms with E-state index in [1.165, 1.54) is 25.2 Å². The summed E-state index contributed by atoms with van der Waals surface area (Å²) < 4.78 is 33.2. The third kappa shape index (κ3) is 5.63. The van der Waals surface area contributed by atoms with Crippen LogP contribution in [-0.2, 0) is 10.0 Å². The number of carbonyl (C=O) groups excluding carboxylic acids is 2. The van der Waals surface area contributed by atoms with Gasteiger partial charge < -0.3 is 15.0 Å². The van der Waals surface area contributed by atoms with Crippen LogP contribution in [0.15, 0.2) is 77.7 Å². The molecule has 0 saturated heterocycles. The first-order valence-electron chi connectivity index (χ1n) is 11.8. The fraction of sp³-hybridized carbons (Fsp3) is 0.185. The molecule has 1 heterocycles. The van der Waals surface area contributed by atoms with E-state index in [1.54, 1.807) is 42.7 Å². The highest BCUT2D eigenvalue weighted by Gasteiger charge is 2.26. The summed E-state index contributed by atoms with van der Waals surface area (Å²) in [6.45, 7) is 2.41. The first kappa shape index (κ1) is 26.7. The molecule has 198 valence electrons. The Morgan fingerprint density at radius 1 is 1.00 bits per heavy atom. The molecular formula is C27H28N4O6S. The molecule has 0 spiro atoms. The second-order valence-electron chi connectivity index (χ2n) is 8.58. The molecule has 1 aromatic heterocycles. The van der Waals surface area contributed by atoms with Gasteiger partial charge in [-0.2, -0.15) is 0 Å². The van der Waals surface area contributed by atoms with Crippen LogP contribution in [0.25, 0.3) is 10.9 Å². The zero-order valence-corrected chi connectivity index (χ0v) is 21.7. The highest BCUT2D eigenvalue weighted by molar-refractivity contribution is 7.92. The largest absolute Gasteiger partial charge is 0.494 e. The lowest BCUT2D eigenvalue weighted by molar-refractivity contribution is 0.0707. The van der Waals surface area contributed by atoms with Gasteiger partial charge in [-0.3, -0.25) is 19.1 Å². The first-order valence-corrected chi connectivity index (χ1v) is 13.3. The average molecular weight is 537 g/mol. The van der Waals surface area contributed by atoms with E-state index < -0.39 is 15.9 Å². The molecule has 0 fully saturated rings. The number of ether oxygens (including phenoxy) is 1. The summed E-state index contributed by atoms with van der Waals surface area (Å²) in [5.41, 5.74) is 3.67. The zero-order valence-electron chi connectivity index (χ0n) is 20.9. The third-order valence-electron chi connectivity index (χ3n) is 6.03. The van der Waals surface area contributed by atoms with E-state index in [2.05, 4.69) is 10.3 Å². The van der Waals surface area contributed by atoms with Crippen molar-refractivity contribution in [1.82, 2.24) is 15.8 Å². The number of benzene rings is 3. The fourth-order valence-corrected chi connectivity index (χ4v) is 5.34. The van der Waals surface area contributed by atoms with Crippen LogP contribution in [0.3, 0.4) is 0 Å². The predicted octanol–water partition coefficient (Wildman–Crippen LogP) is 3.62. The quantitative estimate of drug-likeness (QED) is 0.139. The maximum Gasteiger partial charge on any atom is 0.276 e. The molecule has 38 heavy (non-hydrogen) atoms. The van der Waals surface area contributed by atoms with Crippen molar-refractivity contribution in [1.29, 1.82) is 0 Å². The highest BCUT2D eigenvalue weighted by Crippen LogP contribution is 2.30. The molecule has 11 heteroatoms. The molecule has 0 atom stereocenters. The summed E-state index contributed by atoms with van der Waals surface area (Å²) in [5, 5.41) is 12.9. The second kappa shape index (κ2) is 11.4. The van der Waals surface area contributed by atoms with E-state index in [4.69, 9.17) is 9.94 Å². The van der Waals surface area contributed by atoms with Crippen LogP contribution in [-0.4, -0.2) is 50.6 Å². The van der Waals surface area contributed by atoms with E-state index in [1.807, 2.05) is 24.3 Å². The van der Waals surface area contributed by atoms with E-state index in [0.29, 0.717) is 36.6 Å². The number of hydrogen-bond donors (Lipinski definition) is 4. The van der Waals surface area contributed by atoms with Crippen molar-refractivity contribution in [3.05, 3.63) is 89.6 Å². The number of H-pyrrole nitrogens is 1. The summed E-state index contributed by atoms with van der Waals surface area (Å²) in [6.07, 6.45) is 0.553. The molecule has 2 amide bonds. The van der Waals surface area contributed by atoms with Gasteiger partial charge in [-0.15, -0.1) is 0 Å². The van der Waals surface area contributed by atoms with Crippen LogP contribution in [0.5, 0.6) is 5.75 Å². The number of hydrogen-bond acceptors (Lipinski definition) is 6. The number of aryl methyl sites for hydroxylation is 1. The standard InChI is InChI=1S/C27H28N4O6S/c1-18-7-5-9-22(26(32)30-34)25(18)31(2)38(35,36)21-13-11-20(12-14-21)37-16-6-15-28-27(33)24-17-19-8-3-4-10-23(19)29-24/h3-5,7-14,17,29,34H,6,15-16H2,1-2H3,(H,28,33)(H,30,32). The van der Waals surface area contributed by atoms with E-state index >= 15 is 0 Å². The Bertz CT molecular complexity index is 1530. The summed E-state index contributed by atoms with van der Waals surface area (Å²) in [5.74, 6) is -0.537. The molecule has 10 nitrogen and oxygen atoms in total. The number of para-hydroxylation sites is 2. The average Bonchev–Trinajstić information content (AvgIpc) is 3.36. The number of carbonyl (C=O) groups is 2. The van der Waals surface area contributed by atoms with Gasteiger partial charge in [-0.25, -0.2) is 13.9 Å². The topological polar surface area (TPSA) is 141 Å². The molecule has 4 N–H and O–H groups in total. The van der Waals surface area contributed by atoms with Gasteiger partial charge in [0.05, 0.1) is 22.8 Å². The van der Waals surface area contributed by atoms with Crippen molar-refractivity contribution < 1.29 is 28.0 Å². The van der Waals surface area contributed by atoms with Crippen LogP contribution in [0.4, 0.5) is 5.69 Å². The molecule has 4 aromatic rings. The minimum Gasteiger partial charge on any atom is -0.494 e. The molecule has 3 aromatic carbocycles. The van der Waals surface area contributed by atoms with Crippen molar-refractivity contribution in [2.24, 2.45) is 0 Å². The van der Waals surface area contributed by atoms with Gasteiger partial charge in [0.15, 0.2) is 0 Å². The highest BCUT2D eigenvalue weighted by atomic mass is 32.2. The summed E-state index contributed by atoms with van der Waals surface area (Å²) >= 11 is 0. The van der Waals surface area contributed by atoms with Gasteiger partial charge in [0.1, 0.15) is 11.4 Å². The van der Waals surface area contributed by atoms with Crippen molar-refractivity contribution in [3.63, 3.8) is 0 Å². The summed E-state index contributed by atoms with van der Waals surface area (Å²) in [7, 11) is -2.66. The van der Waals surface area contributed by atoms with E-state index in [0.717, 1.165) is 15.2 Å². The molecule has 0 aliphatic carbocycles. The first-order chi connectivity index (χ1) is 18.2. The number of anilines is 1. The lowest BCUT2D eigenvalue weighted by atomic mass is 10.1. The predicted molar refractivity (Wildman–Crippen MR) is 143 cm³/mol. The number of amides is 2. The molecule has 0 radical (unpaired) electrons. The number of rotatable bonds is 10. The number of sulfonamides is 1. The van der Waals surface area contributed by atoms with Crippen molar-refractivity contribution >= 4 is 38.4 Å². The Kier molecular flexibility index (Phi) is 7.99. The maximum atomic E-state index is 13.2. The lowest BCUT2D eigenvalue weighted by Crippen LogP contribution is -2.30. The van der Waals surface area contributed by atoms with Crippen LogP contribution in [0.1, 0.15) is 32.8 Å². The summed E-state index contributed by atoms with van der Waals surface area (Å²) in [6, 6.07) is 20.1. The molecular weight excluding hydrogens is 508 g/mol. The maximum absolute atomic E-state index is 13.2. The molecule has 0 unspecified atom stereocenters. The summed E-state index contributed by atoms with van der Waals surface area (Å²) in [4.78, 5) is 27.5. The zero-order chi connectivity index (χ0) is 27.3. The Morgan fingerprint density at radius 2 is 1.74 bits per heavy atom. The molecule has 0 bridgehead atoms. The van der Waals surface area contributed by atoms with Gasteiger partial charge >= 0.3 is 0 Å². The molecule has 4 rings (SSSR count). The lowest BCUT2D eigenvalue weighted by Gasteiger charge is -2.23. The van der Waals surface area contributed by atoms with Gasteiger partial charge in [0.2, 0.25) is 0 Å². The van der Waals surface area contributed by atoms with Crippen LogP contribution in [0.2, 0.25) is 0 Å². The SMILES string of the molecule is Cc1cccc(C(=O)NO)c1N(C)S(=O)(=O)c1ccc(OCCCNC(=O)c2cc3ccccc3[nH]2)cc1. The van der Waals surface area contributed by atoms with Crippen LogP contribution >= 0.6 is 0 Å². The van der Waals surface area contributed by atoms with Crippen molar-refractivity contribution in [2.75, 3.05) is 24.5 Å². The van der Waals surface area contributed by atoms with Gasteiger partial charge in [-0.1, -0.05) is 30.3 Å².